The second kappa shape index (κ2) is 8.27. The van der Waals surface area contributed by atoms with E-state index in [-0.39, 0.29) is 5.91 Å². The number of rotatable bonds is 6. The molecule has 1 aliphatic rings. The first-order chi connectivity index (χ1) is 12.2. The van der Waals surface area contributed by atoms with Crippen molar-refractivity contribution in [1.29, 1.82) is 0 Å². The van der Waals surface area contributed by atoms with Crippen LogP contribution in [0.3, 0.4) is 0 Å². The van der Waals surface area contributed by atoms with Gasteiger partial charge in [0.1, 0.15) is 11.3 Å². The standard InChI is InChI=1S/C19H25N3O3/c1-21(18(23)9-12-22-11-3-4-13-25-22)14-15-7-8-17(24-2)19-16(15)6-5-10-20-19/h5-8,10H,3-4,9,11-14H2,1-2H3. The van der Waals surface area contributed by atoms with E-state index in [4.69, 9.17) is 9.57 Å². The highest BCUT2D eigenvalue weighted by Crippen LogP contribution is 2.27. The van der Waals surface area contributed by atoms with Gasteiger partial charge in [0, 0.05) is 44.7 Å². The van der Waals surface area contributed by atoms with Crippen LogP contribution in [0.4, 0.5) is 0 Å². The highest BCUT2D eigenvalue weighted by atomic mass is 16.7. The Balaban J connectivity index is 1.65. The Morgan fingerprint density at radius 3 is 3.00 bits per heavy atom. The van der Waals surface area contributed by atoms with E-state index in [1.165, 1.54) is 0 Å². The van der Waals surface area contributed by atoms with Crippen molar-refractivity contribution in [3.8, 4) is 5.75 Å². The Bertz CT molecular complexity index is 729. The first-order valence-electron chi connectivity index (χ1n) is 8.71. The highest BCUT2D eigenvalue weighted by molar-refractivity contribution is 5.88. The normalized spacial score (nSPS) is 15.3. The van der Waals surface area contributed by atoms with Crippen LogP contribution in [0.25, 0.3) is 10.9 Å². The molecule has 0 N–H and O–H groups in total. The molecular weight excluding hydrogens is 318 g/mol. The minimum atomic E-state index is 0.113. The first kappa shape index (κ1) is 17.6. The Labute approximate surface area is 148 Å². The second-order valence-electron chi connectivity index (χ2n) is 6.30. The number of hydrogen-bond acceptors (Lipinski definition) is 5. The maximum Gasteiger partial charge on any atom is 0.223 e. The summed E-state index contributed by atoms with van der Waals surface area (Å²) in [6.07, 6.45) is 4.45. The van der Waals surface area contributed by atoms with E-state index >= 15 is 0 Å². The number of benzene rings is 1. The van der Waals surface area contributed by atoms with Crippen LogP contribution in [0.15, 0.2) is 30.5 Å². The van der Waals surface area contributed by atoms with Crippen molar-refractivity contribution in [2.24, 2.45) is 0 Å². The lowest BCUT2D eigenvalue weighted by Gasteiger charge is -2.26. The molecule has 6 nitrogen and oxygen atoms in total. The van der Waals surface area contributed by atoms with E-state index < -0.39 is 0 Å². The van der Waals surface area contributed by atoms with Crippen LogP contribution in [-0.2, 0) is 16.2 Å². The van der Waals surface area contributed by atoms with Crippen LogP contribution >= 0.6 is 0 Å². The van der Waals surface area contributed by atoms with Gasteiger partial charge in [0.2, 0.25) is 5.91 Å². The van der Waals surface area contributed by atoms with Crippen LogP contribution in [0.1, 0.15) is 24.8 Å². The van der Waals surface area contributed by atoms with Crippen molar-refractivity contribution < 1.29 is 14.4 Å². The number of carbonyl (C=O) groups excluding carboxylic acids is 1. The number of hydroxylamine groups is 2. The molecule has 1 aliphatic heterocycles. The summed E-state index contributed by atoms with van der Waals surface area (Å²) >= 11 is 0. The van der Waals surface area contributed by atoms with Crippen molar-refractivity contribution in [1.82, 2.24) is 14.9 Å². The Hall–Kier alpha value is -2.18. The smallest absolute Gasteiger partial charge is 0.223 e. The van der Waals surface area contributed by atoms with Crippen LogP contribution < -0.4 is 4.74 Å². The van der Waals surface area contributed by atoms with Gasteiger partial charge in [-0.1, -0.05) is 12.1 Å². The topological polar surface area (TPSA) is 54.9 Å². The molecule has 6 heteroatoms. The van der Waals surface area contributed by atoms with E-state index in [2.05, 4.69) is 4.98 Å². The van der Waals surface area contributed by atoms with Crippen molar-refractivity contribution in [2.45, 2.75) is 25.8 Å². The van der Waals surface area contributed by atoms with Gasteiger partial charge in [0.15, 0.2) is 0 Å². The number of fused-ring (bicyclic) bond motifs is 1. The zero-order valence-electron chi connectivity index (χ0n) is 14.9. The molecule has 0 aliphatic carbocycles. The number of methoxy groups -OCH3 is 1. The van der Waals surface area contributed by atoms with Gasteiger partial charge in [-0.3, -0.25) is 14.6 Å². The summed E-state index contributed by atoms with van der Waals surface area (Å²) in [6, 6.07) is 7.83. The number of pyridine rings is 1. The maximum atomic E-state index is 12.5. The molecule has 1 aromatic heterocycles. The summed E-state index contributed by atoms with van der Waals surface area (Å²) in [5, 5.41) is 2.92. The van der Waals surface area contributed by atoms with Crippen molar-refractivity contribution in [3.05, 3.63) is 36.0 Å². The summed E-state index contributed by atoms with van der Waals surface area (Å²) in [6.45, 7) is 2.86. The van der Waals surface area contributed by atoms with E-state index in [1.807, 2.05) is 36.4 Å². The van der Waals surface area contributed by atoms with Gasteiger partial charge in [0.05, 0.1) is 13.7 Å². The fourth-order valence-electron chi connectivity index (χ4n) is 3.09. The van der Waals surface area contributed by atoms with E-state index in [9.17, 15) is 4.79 Å². The molecule has 0 radical (unpaired) electrons. The summed E-state index contributed by atoms with van der Waals surface area (Å²) in [5.74, 6) is 0.859. The van der Waals surface area contributed by atoms with Gasteiger partial charge >= 0.3 is 0 Å². The largest absolute Gasteiger partial charge is 0.494 e. The van der Waals surface area contributed by atoms with Gasteiger partial charge in [-0.05, 0) is 30.5 Å². The van der Waals surface area contributed by atoms with Crippen molar-refractivity contribution in [3.63, 3.8) is 0 Å². The monoisotopic (exact) mass is 343 g/mol. The average Bonchev–Trinajstić information content (AvgIpc) is 2.67. The molecule has 0 unspecified atom stereocenters. The molecule has 3 rings (SSSR count). The minimum absolute atomic E-state index is 0.113. The molecule has 0 atom stereocenters. The Kier molecular flexibility index (Phi) is 5.83. The first-order valence-corrected chi connectivity index (χ1v) is 8.71. The Morgan fingerprint density at radius 1 is 1.36 bits per heavy atom. The second-order valence-corrected chi connectivity index (χ2v) is 6.30. The molecule has 25 heavy (non-hydrogen) atoms. The molecule has 2 aromatic rings. The average molecular weight is 343 g/mol. The fraction of sp³-hybridized carbons (Fsp3) is 0.474. The number of amides is 1. The minimum Gasteiger partial charge on any atom is -0.494 e. The summed E-state index contributed by atoms with van der Waals surface area (Å²) in [7, 11) is 3.48. The number of hydrogen-bond donors (Lipinski definition) is 0. The van der Waals surface area contributed by atoms with Crippen molar-refractivity contribution in [2.75, 3.05) is 33.9 Å². The predicted molar refractivity (Wildman–Crippen MR) is 96.1 cm³/mol. The van der Waals surface area contributed by atoms with Gasteiger partial charge in [0.25, 0.3) is 0 Å². The molecular formula is C19H25N3O3. The number of nitrogens with zero attached hydrogens (tertiary/aromatic N) is 3. The van der Waals surface area contributed by atoms with Gasteiger partial charge in [-0.25, -0.2) is 0 Å². The van der Waals surface area contributed by atoms with Gasteiger partial charge < -0.3 is 9.64 Å². The third-order valence-corrected chi connectivity index (χ3v) is 4.53. The van der Waals surface area contributed by atoms with Crippen LogP contribution in [-0.4, -0.2) is 54.7 Å². The molecule has 1 fully saturated rings. The maximum absolute atomic E-state index is 12.5. The quantitative estimate of drug-likeness (QED) is 0.807. The van der Waals surface area contributed by atoms with Crippen LogP contribution in [0.2, 0.25) is 0 Å². The third-order valence-electron chi connectivity index (χ3n) is 4.53. The molecule has 134 valence electrons. The van der Waals surface area contributed by atoms with Gasteiger partial charge in [-0.2, -0.15) is 5.06 Å². The lowest BCUT2D eigenvalue weighted by molar-refractivity contribution is -0.182. The van der Waals surface area contributed by atoms with Crippen LogP contribution in [0, 0.1) is 0 Å². The van der Waals surface area contributed by atoms with Gasteiger partial charge in [-0.15, -0.1) is 0 Å². The zero-order valence-corrected chi connectivity index (χ0v) is 14.9. The fourth-order valence-corrected chi connectivity index (χ4v) is 3.09. The molecule has 0 bridgehead atoms. The van der Waals surface area contributed by atoms with E-state index in [0.717, 1.165) is 48.2 Å². The number of ether oxygens (including phenoxy) is 1. The molecule has 2 heterocycles. The lowest BCUT2D eigenvalue weighted by Crippen LogP contribution is -2.35. The van der Waals surface area contributed by atoms with Crippen LogP contribution in [0.5, 0.6) is 5.75 Å². The SMILES string of the molecule is COc1ccc(CN(C)C(=O)CCN2CCCCO2)c2cccnc12. The molecule has 0 spiro atoms. The predicted octanol–water partition coefficient (Wildman–Crippen LogP) is 2.62. The highest BCUT2D eigenvalue weighted by Gasteiger charge is 2.16. The van der Waals surface area contributed by atoms with E-state index in [0.29, 0.717) is 19.5 Å². The zero-order chi connectivity index (χ0) is 17.6. The molecule has 1 amide bonds. The molecule has 1 saturated heterocycles. The lowest BCUT2D eigenvalue weighted by atomic mass is 10.1. The summed E-state index contributed by atoms with van der Waals surface area (Å²) in [5.41, 5.74) is 1.89. The number of carbonyl (C=O) groups is 1. The molecule has 1 aromatic carbocycles. The Morgan fingerprint density at radius 2 is 2.24 bits per heavy atom. The third kappa shape index (κ3) is 4.27. The van der Waals surface area contributed by atoms with Crippen molar-refractivity contribution >= 4 is 16.8 Å². The van der Waals surface area contributed by atoms with E-state index in [1.54, 1.807) is 18.2 Å². The number of aromatic nitrogens is 1. The summed E-state index contributed by atoms with van der Waals surface area (Å²) in [4.78, 5) is 24.2. The molecule has 0 saturated carbocycles. The summed E-state index contributed by atoms with van der Waals surface area (Å²) < 4.78 is 5.38.